The average molecular weight is 1240 g/mol. The summed E-state index contributed by atoms with van der Waals surface area (Å²) in [6.07, 6.45) is 43.4. The molecular formula is C65H126O17P2. The lowest BCUT2D eigenvalue weighted by molar-refractivity contribution is -0.161. The molecule has 0 aliphatic carbocycles. The molecule has 17 nitrogen and oxygen atoms in total. The third-order valence-electron chi connectivity index (χ3n) is 15.0. The molecule has 2 unspecified atom stereocenters. The third kappa shape index (κ3) is 59.0. The van der Waals surface area contributed by atoms with Crippen LogP contribution < -0.4 is 0 Å². The summed E-state index contributed by atoms with van der Waals surface area (Å²) in [7, 11) is -9.88. The second kappa shape index (κ2) is 58.7. The van der Waals surface area contributed by atoms with Gasteiger partial charge in [0, 0.05) is 25.7 Å². The van der Waals surface area contributed by atoms with Crippen molar-refractivity contribution < 1.29 is 80.2 Å². The Hall–Kier alpha value is -1.94. The molecule has 0 rings (SSSR count). The number of aliphatic hydroxyl groups is 1. The summed E-state index contributed by atoms with van der Waals surface area (Å²) in [5, 5.41) is 10.5. The van der Waals surface area contributed by atoms with E-state index in [2.05, 4.69) is 34.6 Å². The van der Waals surface area contributed by atoms with Crippen molar-refractivity contribution in [3.8, 4) is 0 Å². The number of esters is 4. The van der Waals surface area contributed by atoms with E-state index < -0.39 is 97.5 Å². The Morgan fingerprint density at radius 3 is 0.810 bits per heavy atom. The van der Waals surface area contributed by atoms with Crippen LogP contribution in [0.25, 0.3) is 0 Å². The van der Waals surface area contributed by atoms with E-state index in [1.165, 1.54) is 148 Å². The van der Waals surface area contributed by atoms with Crippen molar-refractivity contribution in [3.05, 3.63) is 0 Å². The van der Waals surface area contributed by atoms with Gasteiger partial charge in [0.2, 0.25) is 0 Å². The van der Waals surface area contributed by atoms with Gasteiger partial charge in [-0.25, -0.2) is 9.13 Å². The quantitative estimate of drug-likeness (QED) is 0.0222. The lowest BCUT2D eigenvalue weighted by Gasteiger charge is -2.21. The van der Waals surface area contributed by atoms with E-state index in [1.807, 2.05) is 0 Å². The zero-order valence-electron chi connectivity index (χ0n) is 54.0. The van der Waals surface area contributed by atoms with Crippen LogP contribution in [-0.4, -0.2) is 96.7 Å². The van der Waals surface area contributed by atoms with Crippen LogP contribution in [-0.2, 0) is 65.4 Å². The Bertz CT molecular complexity index is 1640. The number of phosphoric acid groups is 2. The number of hydrogen-bond donors (Lipinski definition) is 3. The summed E-state index contributed by atoms with van der Waals surface area (Å²) >= 11 is 0. The first kappa shape index (κ1) is 82.1. The van der Waals surface area contributed by atoms with Crippen LogP contribution in [0.1, 0.15) is 330 Å². The van der Waals surface area contributed by atoms with Gasteiger partial charge in [0.25, 0.3) is 0 Å². The van der Waals surface area contributed by atoms with Crippen molar-refractivity contribution in [3.63, 3.8) is 0 Å². The topological polar surface area (TPSA) is 237 Å². The molecule has 3 N–H and O–H groups in total. The molecule has 0 heterocycles. The second-order valence-electron chi connectivity index (χ2n) is 24.0. The van der Waals surface area contributed by atoms with E-state index in [9.17, 15) is 43.2 Å². The van der Waals surface area contributed by atoms with Crippen LogP contribution in [0.5, 0.6) is 0 Å². The van der Waals surface area contributed by atoms with Crippen LogP contribution in [0, 0.1) is 5.92 Å². The average Bonchev–Trinajstić information content (AvgIpc) is 3.65. The highest BCUT2D eigenvalue weighted by Crippen LogP contribution is 2.45. The molecule has 498 valence electrons. The normalized spacial score (nSPS) is 14.2. The predicted octanol–water partition coefficient (Wildman–Crippen LogP) is 18.2. The molecule has 0 saturated carbocycles. The van der Waals surface area contributed by atoms with Crippen LogP contribution in [0.3, 0.4) is 0 Å². The number of carbonyl (C=O) groups excluding carboxylic acids is 4. The van der Waals surface area contributed by atoms with Crippen molar-refractivity contribution in [1.82, 2.24) is 0 Å². The fraction of sp³-hybridized carbons (Fsp3) is 0.938. The summed E-state index contributed by atoms with van der Waals surface area (Å²) in [5.41, 5.74) is 0. The maximum absolute atomic E-state index is 13.0. The monoisotopic (exact) mass is 1240 g/mol. The van der Waals surface area contributed by atoms with Gasteiger partial charge in [-0.05, 0) is 31.6 Å². The first-order valence-corrected chi connectivity index (χ1v) is 37.1. The smallest absolute Gasteiger partial charge is 0.462 e. The van der Waals surface area contributed by atoms with Crippen molar-refractivity contribution in [2.24, 2.45) is 5.92 Å². The standard InChI is InChI=1S/C65H126O17P2/c1-6-9-12-15-17-19-20-23-27-31-34-39-44-49-63(68)76-55-61(82-65(70)51-46-41-36-32-28-25-22-21-24-26-30-33-38-42-47-58(4)5)57-80-84(73,74)78-53-59(66)52-77-83(71,72)79-56-60(54-75-62(67)48-43-37-14-11-8-3)81-64(69)50-45-40-35-29-18-16-13-10-7-2/h58-61,66H,6-57H2,1-5H3,(H,71,72)(H,73,74)/t59-,60+,61+/m0/s1. The molecule has 0 bridgehead atoms. The molecule has 0 aliphatic rings. The second-order valence-corrected chi connectivity index (χ2v) is 26.9. The summed E-state index contributed by atoms with van der Waals surface area (Å²) < 4.78 is 67.8. The predicted molar refractivity (Wildman–Crippen MR) is 335 cm³/mol. The Morgan fingerprint density at radius 2 is 0.548 bits per heavy atom. The number of unbranched alkanes of at least 4 members (excludes halogenated alkanes) is 37. The SMILES string of the molecule is CCCCCCCCCCCCCCCC(=O)OC[C@H](COP(=O)(O)OC[C@@H](O)COP(=O)(O)OC[C@@H](COC(=O)CCCCCCC)OC(=O)CCCCCCCCCCC)OC(=O)CCCCCCCCCCCCCCCCC(C)C. The van der Waals surface area contributed by atoms with Gasteiger partial charge in [-0.15, -0.1) is 0 Å². The van der Waals surface area contributed by atoms with Crippen LogP contribution in [0.15, 0.2) is 0 Å². The first-order valence-electron chi connectivity index (χ1n) is 34.1. The molecule has 0 fully saturated rings. The number of carbonyl (C=O) groups is 4. The lowest BCUT2D eigenvalue weighted by atomic mass is 10.0. The Kier molecular flexibility index (Phi) is 57.4. The molecule has 0 aromatic rings. The summed E-state index contributed by atoms with van der Waals surface area (Å²) in [6.45, 7) is 7.13. The van der Waals surface area contributed by atoms with Crippen molar-refractivity contribution in [1.29, 1.82) is 0 Å². The molecule has 0 spiro atoms. The minimum absolute atomic E-state index is 0.105. The van der Waals surface area contributed by atoms with E-state index in [4.69, 9.17) is 37.0 Å². The molecule has 5 atom stereocenters. The van der Waals surface area contributed by atoms with E-state index in [1.54, 1.807) is 0 Å². The Labute approximate surface area is 511 Å². The summed E-state index contributed by atoms with van der Waals surface area (Å²) in [4.78, 5) is 72.0. The van der Waals surface area contributed by atoms with Crippen molar-refractivity contribution in [2.45, 2.75) is 348 Å². The highest BCUT2D eigenvalue weighted by molar-refractivity contribution is 7.47. The molecule has 0 amide bonds. The van der Waals surface area contributed by atoms with Gasteiger partial charge >= 0.3 is 39.5 Å². The van der Waals surface area contributed by atoms with Crippen molar-refractivity contribution in [2.75, 3.05) is 39.6 Å². The molecule has 0 aliphatic heterocycles. The van der Waals surface area contributed by atoms with E-state index in [0.717, 1.165) is 102 Å². The van der Waals surface area contributed by atoms with E-state index in [-0.39, 0.29) is 25.7 Å². The molecule has 0 aromatic heterocycles. The molecule has 0 radical (unpaired) electrons. The minimum Gasteiger partial charge on any atom is -0.462 e. The molecular weight excluding hydrogens is 1110 g/mol. The fourth-order valence-electron chi connectivity index (χ4n) is 9.76. The number of rotatable bonds is 65. The number of phosphoric ester groups is 2. The maximum Gasteiger partial charge on any atom is 0.472 e. The van der Waals surface area contributed by atoms with Gasteiger partial charge in [-0.2, -0.15) is 0 Å². The number of hydrogen-bond acceptors (Lipinski definition) is 15. The van der Waals surface area contributed by atoms with Gasteiger partial charge in [0.05, 0.1) is 26.4 Å². The summed E-state index contributed by atoms with van der Waals surface area (Å²) in [5.74, 6) is -1.35. The van der Waals surface area contributed by atoms with Gasteiger partial charge in [-0.3, -0.25) is 37.3 Å². The molecule has 19 heteroatoms. The van der Waals surface area contributed by atoms with Gasteiger partial charge in [-0.1, -0.05) is 279 Å². The fourth-order valence-corrected chi connectivity index (χ4v) is 11.3. The van der Waals surface area contributed by atoms with Gasteiger partial charge in [0.1, 0.15) is 19.3 Å². The number of aliphatic hydroxyl groups excluding tert-OH is 1. The zero-order chi connectivity index (χ0) is 62.0. The van der Waals surface area contributed by atoms with E-state index >= 15 is 0 Å². The Morgan fingerprint density at radius 1 is 0.321 bits per heavy atom. The van der Waals surface area contributed by atoms with Crippen LogP contribution in [0.4, 0.5) is 0 Å². The molecule has 0 saturated heterocycles. The van der Waals surface area contributed by atoms with Gasteiger partial charge in [0.15, 0.2) is 12.2 Å². The summed E-state index contributed by atoms with van der Waals surface area (Å²) in [6, 6.07) is 0. The van der Waals surface area contributed by atoms with Crippen LogP contribution in [0.2, 0.25) is 0 Å². The molecule has 0 aromatic carbocycles. The van der Waals surface area contributed by atoms with Crippen LogP contribution >= 0.6 is 15.6 Å². The first-order chi connectivity index (χ1) is 40.5. The number of ether oxygens (including phenoxy) is 4. The Balaban J connectivity index is 5.15. The highest BCUT2D eigenvalue weighted by Gasteiger charge is 2.30. The maximum atomic E-state index is 13.0. The minimum atomic E-state index is -4.94. The highest BCUT2D eigenvalue weighted by atomic mass is 31.2. The molecule has 84 heavy (non-hydrogen) atoms. The lowest BCUT2D eigenvalue weighted by Crippen LogP contribution is -2.30. The largest absolute Gasteiger partial charge is 0.472 e. The van der Waals surface area contributed by atoms with Crippen molar-refractivity contribution >= 4 is 39.5 Å². The third-order valence-corrected chi connectivity index (χ3v) is 16.9. The van der Waals surface area contributed by atoms with Gasteiger partial charge < -0.3 is 33.8 Å². The zero-order valence-corrected chi connectivity index (χ0v) is 55.8. The van der Waals surface area contributed by atoms with E-state index in [0.29, 0.717) is 25.7 Å².